The lowest BCUT2D eigenvalue weighted by molar-refractivity contribution is -0.153. The quantitative estimate of drug-likeness (QED) is 0.497. The Hall–Kier alpha value is -2.73. The van der Waals surface area contributed by atoms with Crippen molar-refractivity contribution in [3.8, 4) is 5.19 Å². The minimum Gasteiger partial charge on any atom is -0.460 e. The molecule has 1 aromatic heterocycles. The van der Waals surface area contributed by atoms with Crippen LogP contribution in [0.3, 0.4) is 0 Å². The van der Waals surface area contributed by atoms with Crippen molar-refractivity contribution in [2.45, 2.75) is 69.4 Å². The molecule has 5 rings (SSSR count). The monoisotopic (exact) mass is 568 g/mol. The molecule has 2 aromatic rings. The number of aromatic nitrogens is 1. The van der Waals surface area contributed by atoms with Crippen molar-refractivity contribution < 1.29 is 31.9 Å². The van der Waals surface area contributed by atoms with Gasteiger partial charge in [0.15, 0.2) is 6.61 Å². The molecule has 0 bridgehead atoms. The Kier molecular flexibility index (Phi) is 7.87. The molecule has 0 spiro atoms. The van der Waals surface area contributed by atoms with E-state index in [1.165, 1.54) is 0 Å². The van der Waals surface area contributed by atoms with E-state index in [1.807, 2.05) is 0 Å². The third-order valence-corrected chi connectivity index (χ3v) is 8.99. The molecule has 1 aliphatic carbocycles. The summed E-state index contributed by atoms with van der Waals surface area (Å²) in [5.74, 6) is -0.306. The molecule has 1 aromatic carbocycles. The number of nitrogens with one attached hydrogen (secondary N) is 1. The second kappa shape index (κ2) is 11.0. The zero-order chi connectivity index (χ0) is 27.8. The minimum absolute atomic E-state index is 0.0508. The van der Waals surface area contributed by atoms with E-state index in [0.717, 1.165) is 27.5 Å². The predicted molar refractivity (Wildman–Crippen MR) is 138 cm³/mol. The summed E-state index contributed by atoms with van der Waals surface area (Å²) in [5, 5.41) is 3.10. The number of carbonyl (C=O) groups excluding carboxylic acids is 2. The number of nitrogens with zero attached hydrogens (tertiary/aromatic N) is 3. The number of thiazole rings is 1. The number of carbonyl (C=O) groups is 2. The number of alkyl halides is 4. The number of hydrogen-bond donors (Lipinski definition) is 1. The highest BCUT2D eigenvalue weighted by atomic mass is 32.1. The topological polar surface area (TPSA) is 74.8 Å². The van der Waals surface area contributed by atoms with Crippen LogP contribution in [0.15, 0.2) is 18.2 Å². The Morgan fingerprint density at radius 3 is 2.72 bits per heavy atom. The van der Waals surface area contributed by atoms with Crippen molar-refractivity contribution in [2.24, 2.45) is 0 Å². The van der Waals surface area contributed by atoms with Crippen molar-refractivity contribution in [3.63, 3.8) is 0 Å². The van der Waals surface area contributed by atoms with E-state index in [9.17, 15) is 22.8 Å². The Balaban J connectivity index is 1.07. The van der Waals surface area contributed by atoms with E-state index in [4.69, 9.17) is 4.74 Å². The third-order valence-electron chi connectivity index (χ3n) is 7.92. The van der Waals surface area contributed by atoms with E-state index in [1.54, 1.807) is 30.1 Å². The fourth-order valence-electron chi connectivity index (χ4n) is 5.65. The number of benzene rings is 1. The van der Waals surface area contributed by atoms with Crippen LogP contribution in [0.5, 0.6) is 5.19 Å². The molecule has 2 aliphatic heterocycles. The molecule has 1 fully saturated rings. The first-order chi connectivity index (χ1) is 18.5. The first kappa shape index (κ1) is 27.8. The fourth-order valence-corrected chi connectivity index (χ4v) is 6.59. The van der Waals surface area contributed by atoms with Crippen molar-refractivity contribution >= 4 is 23.2 Å². The number of halogens is 4. The molecule has 0 saturated heterocycles. The van der Waals surface area contributed by atoms with Crippen LogP contribution >= 0.6 is 11.3 Å². The number of rotatable bonds is 7. The number of hydrogen-bond acceptors (Lipinski definition) is 6. The van der Waals surface area contributed by atoms with Crippen LogP contribution in [0.4, 0.5) is 17.6 Å². The van der Waals surface area contributed by atoms with Gasteiger partial charge in [0.25, 0.3) is 17.0 Å². The molecule has 1 N–H and O–H groups in total. The summed E-state index contributed by atoms with van der Waals surface area (Å²) < 4.78 is 57.7. The maximum atomic E-state index is 15.7. The number of ether oxygens (including phenoxy) is 1. The van der Waals surface area contributed by atoms with E-state index in [2.05, 4.69) is 15.2 Å². The van der Waals surface area contributed by atoms with Crippen LogP contribution in [-0.2, 0) is 19.4 Å². The van der Waals surface area contributed by atoms with Gasteiger partial charge in [0.2, 0.25) is 0 Å². The summed E-state index contributed by atoms with van der Waals surface area (Å²) in [6, 6.07) is 5.08. The maximum absolute atomic E-state index is 15.7. The molecule has 7 nitrogen and oxygen atoms in total. The Morgan fingerprint density at radius 1 is 1.23 bits per heavy atom. The van der Waals surface area contributed by atoms with Gasteiger partial charge in [0.05, 0.1) is 5.69 Å². The Morgan fingerprint density at radius 2 is 1.97 bits per heavy atom. The SMILES string of the molecule is CN1Cc2c(C(=O)N[C@H]3CC[C@](F)(CCN4CCc5nc(OCC(F)(F)F)sc5CC4)CC3)cccc2C1=O. The smallest absolute Gasteiger partial charge is 0.422 e. The van der Waals surface area contributed by atoms with Crippen LogP contribution in [0.25, 0.3) is 0 Å². The summed E-state index contributed by atoms with van der Waals surface area (Å²) in [4.78, 5) is 34.2. The molecule has 3 heterocycles. The molecule has 0 unspecified atom stereocenters. The van der Waals surface area contributed by atoms with Crippen molar-refractivity contribution in [1.82, 2.24) is 20.1 Å². The van der Waals surface area contributed by atoms with Gasteiger partial charge in [-0.3, -0.25) is 9.59 Å². The summed E-state index contributed by atoms with van der Waals surface area (Å²) in [6.45, 7) is 1.02. The van der Waals surface area contributed by atoms with Crippen LogP contribution < -0.4 is 10.1 Å². The van der Waals surface area contributed by atoms with Crippen LogP contribution in [0.2, 0.25) is 0 Å². The van der Waals surface area contributed by atoms with E-state index >= 15 is 4.39 Å². The summed E-state index contributed by atoms with van der Waals surface area (Å²) in [6.07, 6.45) is -0.901. The number of fused-ring (bicyclic) bond motifs is 2. The summed E-state index contributed by atoms with van der Waals surface area (Å²) in [7, 11) is 1.71. The summed E-state index contributed by atoms with van der Waals surface area (Å²) in [5.41, 5.74) is 1.28. The standard InChI is InChI=1S/C27H32F4N4O3S/c1-34-15-20-18(3-2-4-19(20)24(34)37)23(36)32-17-5-9-26(28,10-6-17)11-14-35-12-7-21-22(8-13-35)39-25(33-21)38-16-27(29,30)31/h2-4,17H,5-16H2,1H3,(H,32,36)/t17-,26+. The molecule has 0 atom stereocenters. The van der Waals surface area contributed by atoms with Crippen molar-refractivity contribution in [1.29, 1.82) is 0 Å². The lowest BCUT2D eigenvalue weighted by Gasteiger charge is -2.35. The molecular formula is C27H32F4N4O3S. The molecule has 3 aliphatic rings. The zero-order valence-electron chi connectivity index (χ0n) is 21.8. The molecule has 0 radical (unpaired) electrons. The maximum Gasteiger partial charge on any atom is 0.422 e. The second-order valence-corrected chi connectivity index (χ2v) is 11.8. The normalized spacial score (nSPS) is 23.8. The van der Waals surface area contributed by atoms with Crippen molar-refractivity contribution in [3.05, 3.63) is 45.5 Å². The van der Waals surface area contributed by atoms with Crippen LogP contribution in [-0.4, -0.2) is 77.8 Å². The Labute approximate surface area is 228 Å². The van der Waals surface area contributed by atoms with Crippen molar-refractivity contribution in [2.75, 3.05) is 33.3 Å². The zero-order valence-corrected chi connectivity index (χ0v) is 22.6. The molecular weight excluding hydrogens is 536 g/mol. The average molecular weight is 569 g/mol. The van der Waals surface area contributed by atoms with Gasteiger partial charge in [-0.15, -0.1) is 0 Å². The summed E-state index contributed by atoms with van der Waals surface area (Å²) >= 11 is 1.16. The molecule has 1 saturated carbocycles. The van der Waals surface area contributed by atoms with Gasteiger partial charge in [-0.05, 0) is 56.2 Å². The lowest BCUT2D eigenvalue weighted by atomic mass is 9.81. The molecule has 212 valence electrons. The van der Waals surface area contributed by atoms with E-state index in [-0.39, 0.29) is 23.0 Å². The van der Waals surface area contributed by atoms with Gasteiger partial charge in [0.1, 0.15) is 5.67 Å². The fraction of sp³-hybridized carbons (Fsp3) is 0.593. The first-order valence-electron chi connectivity index (χ1n) is 13.3. The van der Waals surface area contributed by atoms with Crippen LogP contribution in [0, 0.1) is 0 Å². The van der Waals surface area contributed by atoms with E-state index < -0.39 is 18.5 Å². The Bertz CT molecular complexity index is 1200. The van der Waals surface area contributed by atoms with Gasteiger partial charge in [-0.2, -0.15) is 13.2 Å². The first-order valence-corrected chi connectivity index (χ1v) is 14.1. The molecule has 12 heteroatoms. The third kappa shape index (κ3) is 6.54. The molecule has 2 amide bonds. The van der Waals surface area contributed by atoms with Crippen LogP contribution in [0.1, 0.15) is 69.0 Å². The highest BCUT2D eigenvalue weighted by Gasteiger charge is 2.37. The largest absolute Gasteiger partial charge is 0.460 e. The van der Waals surface area contributed by atoms with Gasteiger partial charge in [0, 0.05) is 61.7 Å². The highest BCUT2D eigenvalue weighted by Crippen LogP contribution is 2.36. The predicted octanol–water partition coefficient (Wildman–Crippen LogP) is 4.54. The van der Waals surface area contributed by atoms with Gasteiger partial charge in [-0.1, -0.05) is 17.4 Å². The molecule has 39 heavy (non-hydrogen) atoms. The van der Waals surface area contributed by atoms with E-state index in [0.29, 0.717) is 82.3 Å². The average Bonchev–Trinajstić information content (AvgIpc) is 3.36. The van der Waals surface area contributed by atoms with Gasteiger partial charge < -0.3 is 19.9 Å². The lowest BCUT2D eigenvalue weighted by Crippen LogP contribution is -2.43. The van der Waals surface area contributed by atoms with Gasteiger partial charge >= 0.3 is 6.18 Å². The van der Waals surface area contributed by atoms with Gasteiger partial charge in [-0.25, -0.2) is 9.37 Å². The highest BCUT2D eigenvalue weighted by molar-refractivity contribution is 7.13. The number of amides is 2. The second-order valence-electron chi connectivity index (χ2n) is 10.7. The minimum atomic E-state index is -4.40.